The van der Waals surface area contributed by atoms with Crippen LogP contribution in [0, 0.1) is 6.92 Å². The lowest BCUT2D eigenvalue weighted by atomic mass is 10.1. The Bertz CT molecular complexity index is 1100. The number of para-hydroxylation sites is 1. The number of fused-ring (bicyclic) bond motifs is 1. The van der Waals surface area contributed by atoms with Gasteiger partial charge in [-0.3, -0.25) is 19.7 Å². The van der Waals surface area contributed by atoms with Crippen molar-refractivity contribution >= 4 is 39.1 Å². The Morgan fingerprint density at radius 1 is 1.31 bits per heavy atom. The lowest BCUT2D eigenvalue weighted by molar-refractivity contribution is 0.101. The molecule has 1 amide bonds. The molecule has 0 unspecified atom stereocenters. The van der Waals surface area contributed by atoms with E-state index >= 15 is 0 Å². The fourth-order valence-corrected chi connectivity index (χ4v) is 3.66. The molecule has 134 valence electrons. The van der Waals surface area contributed by atoms with Gasteiger partial charge in [-0.25, -0.2) is 4.98 Å². The summed E-state index contributed by atoms with van der Waals surface area (Å²) in [6.07, 6.45) is 1.47. The van der Waals surface area contributed by atoms with Gasteiger partial charge in [0.05, 0.1) is 28.6 Å². The zero-order chi connectivity index (χ0) is 19.0. The van der Waals surface area contributed by atoms with Crippen LogP contribution < -0.4 is 15.5 Å². The second-order valence-electron chi connectivity index (χ2n) is 5.78. The summed E-state index contributed by atoms with van der Waals surface area (Å²) in [5.41, 5.74) is 0.759. The third-order valence-corrected chi connectivity index (χ3v) is 5.14. The number of carbonyl (C=O) groups excluding carboxylic acids is 2. The Balaban J connectivity index is 2.04. The van der Waals surface area contributed by atoms with E-state index in [2.05, 4.69) is 10.3 Å². The van der Waals surface area contributed by atoms with Crippen molar-refractivity contribution < 1.29 is 14.3 Å². The average Bonchev–Trinajstić information content (AvgIpc) is 2.97. The number of nitrogens with one attached hydrogen (secondary N) is 1. The molecule has 1 N–H and O–H groups in total. The zero-order valence-corrected chi connectivity index (χ0v) is 15.6. The Hall–Kier alpha value is -3.00. The summed E-state index contributed by atoms with van der Waals surface area (Å²) in [7, 11) is 3.26. The monoisotopic (exact) mass is 371 g/mol. The third kappa shape index (κ3) is 2.99. The smallest absolute Gasteiger partial charge is 0.262 e. The fraction of sp³-hybridized carbons (Fsp3) is 0.222. The van der Waals surface area contributed by atoms with E-state index in [9.17, 15) is 14.4 Å². The number of nitrogens with zero attached hydrogens (tertiary/aromatic N) is 2. The number of Topliss-reactive ketones (excluding diaryl/α,β-unsaturated/α-hetero) is 1. The van der Waals surface area contributed by atoms with Crippen LogP contribution in [0.3, 0.4) is 0 Å². The van der Waals surface area contributed by atoms with Crippen molar-refractivity contribution in [3.8, 4) is 5.75 Å². The molecule has 0 aliphatic carbocycles. The Kier molecular flexibility index (Phi) is 4.60. The average molecular weight is 371 g/mol. The number of methoxy groups -OCH3 is 1. The number of aryl methyl sites for hydroxylation is 2. The number of aromatic nitrogens is 2. The number of amides is 1. The van der Waals surface area contributed by atoms with Gasteiger partial charge in [-0.2, -0.15) is 0 Å². The van der Waals surface area contributed by atoms with Crippen LogP contribution in [0.5, 0.6) is 5.75 Å². The molecule has 0 bridgehead atoms. The zero-order valence-electron chi connectivity index (χ0n) is 14.7. The van der Waals surface area contributed by atoms with Gasteiger partial charge in [-0.05, 0) is 19.1 Å². The molecule has 26 heavy (non-hydrogen) atoms. The molecule has 0 atom stereocenters. The van der Waals surface area contributed by atoms with Crippen LogP contribution in [0.25, 0.3) is 10.9 Å². The van der Waals surface area contributed by atoms with Crippen molar-refractivity contribution in [2.75, 3.05) is 12.4 Å². The maximum atomic E-state index is 12.8. The molecule has 8 heteroatoms. The number of hydrogen-bond donors (Lipinski definition) is 1. The number of pyridine rings is 1. The first-order valence-corrected chi connectivity index (χ1v) is 8.61. The first kappa shape index (κ1) is 17.8. The minimum absolute atomic E-state index is 0.00881. The second-order valence-corrected chi connectivity index (χ2v) is 6.78. The van der Waals surface area contributed by atoms with Crippen LogP contribution in [0.15, 0.2) is 29.2 Å². The Morgan fingerprint density at radius 2 is 2.04 bits per heavy atom. The summed E-state index contributed by atoms with van der Waals surface area (Å²) < 4.78 is 6.98. The van der Waals surface area contributed by atoms with Crippen LogP contribution in [-0.2, 0) is 7.05 Å². The lowest BCUT2D eigenvalue weighted by Gasteiger charge is -2.11. The first-order valence-electron chi connectivity index (χ1n) is 7.79. The highest BCUT2D eigenvalue weighted by Gasteiger charge is 2.19. The van der Waals surface area contributed by atoms with Gasteiger partial charge in [0.25, 0.3) is 5.91 Å². The van der Waals surface area contributed by atoms with Gasteiger partial charge in [-0.1, -0.05) is 17.4 Å². The van der Waals surface area contributed by atoms with Gasteiger partial charge in [-0.15, -0.1) is 0 Å². The van der Waals surface area contributed by atoms with Gasteiger partial charge in [0.1, 0.15) is 11.3 Å². The molecule has 0 fully saturated rings. The predicted octanol–water partition coefficient (Wildman–Crippen LogP) is 2.77. The molecular weight excluding hydrogens is 354 g/mol. The maximum Gasteiger partial charge on any atom is 0.262 e. The number of rotatable bonds is 4. The Morgan fingerprint density at radius 3 is 2.65 bits per heavy atom. The summed E-state index contributed by atoms with van der Waals surface area (Å²) in [4.78, 5) is 41.6. The van der Waals surface area contributed by atoms with Gasteiger partial charge in [0, 0.05) is 20.2 Å². The predicted molar refractivity (Wildman–Crippen MR) is 101 cm³/mol. The number of carbonyl (C=O) groups is 2. The number of anilines is 1. The second kappa shape index (κ2) is 6.72. The van der Waals surface area contributed by atoms with Crippen LogP contribution in [-0.4, -0.2) is 28.4 Å². The largest absolute Gasteiger partial charge is 0.495 e. The molecule has 0 spiro atoms. The van der Waals surface area contributed by atoms with E-state index < -0.39 is 11.3 Å². The quantitative estimate of drug-likeness (QED) is 0.712. The van der Waals surface area contributed by atoms with E-state index in [0.29, 0.717) is 27.2 Å². The maximum absolute atomic E-state index is 12.8. The highest BCUT2D eigenvalue weighted by molar-refractivity contribution is 7.17. The molecule has 3 aromatic rings. The molecule has 3 rings (SSSR count). The Labute approximate surface area is 153 Å². The molecule has 0 aliphatic heterocycles. The molecular formula is C18H17N3O4S. The van der Waals surface area contributed by atoms with Crippen LogP contribution in [0.2, 0.25) is 0 Å². The van der Waals surface area contributed by atoms with Crippen molar-refractivity contribution in [3.05, 3.63) is 50.8 Å². The molecule has 7 nitrogen and oxygen atoms in total. The number of thiazole rings is 1. The summed E-state index contributed by atoms with van der Waals surface area (Å²) in [5.74, 6) is -0.135. The van der Waals surface area contributed by atoms with Crippen molar-refractivity contribution in [1.82, 2.24) is 9.55 Å². The third-order valence-electron chi connectivity index (χ3n) is 3.97. The van der Waals surface area contributed by atoms with E-state index in [1.54, 1.807) is 36.7 Å². The molecule has 0 saturated heterocycles. The summed E-state index contributed by atoms with van der Waals surface area (Å²) >= 11 is 1.09. The molecule has 0 aliphatic rings. The van der Waals surface area contributed by atoms with Crippen LogP contribution in [0.4, 0.5) is 5.13 Å². The van der Waals surface area contributed by atoms with E-state index in [1.165, 1.54) is 20.2 Å². The summed E-state index contributed by atoms with van der Waals surface area (Å²) in [6, 6.07) is 5.11. The fourth-order valence-electron chi connectivity index (χ4n) is 2.80. The molecule has 2 aromatic heterocycles. The van der Waals surface area contributed by atoms with Crippen molar-refractivity contribution in [1.29, 1.82) is 0 Å². The normalized spacial score (nSPS) is 10.8. The van der Waals surface area contributed by atoms with Crippen molar-refractivity contribution in [3.63, 3.8) is 0 Å². The summed E-state index contributed by atoms with van der Waals surface area (Å²) in [6.45, 7) is 3.14. The van der Waals surface area contributed by atoms with E-state index in [0.717, 1.165) is 11.3 Å². The first-order chi connectivity index (χ1) is 12.3. The van der Waals surface area contributed by atoms with Crippen molar-refractivity contribution in [2.45, 2.75) is 13.8 Å². The topological polar surface area (TPSA) is 90.3 Å². The molecule has 0 radical (unpaired) electrons. The number of ketones is 1. The lowest BCUT2D eigenvalue weighted by Crippen LogP contribution is -2.23. The highest BCUT2D eigenvalue weighted by Crippen LogP contribution is 2.25. The number of ether oxygens (including phenoxy) is 1. The van der Waals surface area contributed by atoms with Gasteiger partial charge in [0.15, 0.2) is 10.9 Å². The van der Waals surface area contributed by atoms with E-state index in [4.69, 9.17) is 4.74 Å². The molecule has 2 heterocycles. The minimum Gasteiger partial charge on any atom is -0.495 e. The van der Waals surface area contributed by atoms with Crippen LogP contribution >= 0.6 is 11.3 Å². The van der Waals surface area contributed by atoms with Gasteiger partial charge in [0.2, 0.25) is 5.43 Å². The van der Waals surface area contributed by atoms with Gasteiger partial charge >= 0.3 is 0 Å². The van der Waals surface area contributed by atoms with Gasteiger partial charge < -0.3 is 9.30 Å². The SMILES string of the molecule is COc1cccc2c(=O)c(C(=O)Nc3nc(C)c(C(C)=O)s3)cn(C)c12. The van der Waals surface area contributed by atoms with E-state index in [1.807, 2.05) is 0 Å². The van der Waals surface area contributed by atoms with E-state index in [-0.39, 0.29) is 16.5 Å². The van der Waals surface area contributed by atoms with Crippen LogP contribution in [0.1, 0.15) is 32.6 Å². The number of hydrogen-bond acceptors (Lipinski definition) is 6. The minimum atomic E-state index is -0.570. The number of benzene rings is 1. The van der Waals surface area contributed by atoms with Crippen molar-refractivity contribution in [2.24, 2.45) is 7.05 Å². The highest BCUT2D eigenvalue weighted by atomic mass is 32.1. The molecule has 1 aromatic carbocycles. The standard InChI is InChI=1S/C18H17N3O4S/c1-9-16(10(2)22)26-18(19-9)20-17(24)12-8-21(3)14-11(15(12)23)6-5-7-13(14)25-4/h5-8H,1-4H3,(H,19,20,24). The summed E-state index contributed by atoms with van der Waals surface area (Å²) in [5, 5.41) is 3.28. The molecule has 0 saturated carbocycles.